The average Bonchev–Trinajstić information content (AvgIpc) is 3.47. The number of aryl methyl sites for hydroxylation is 1. The molecule has 2 aromatic heterocycles. The highest BCUT2D eigenvalue weighted by molar-refractivity contribution is 6.34. The number of alkyl halides is 3. The first-order valence-corrected chi connectivity index (χ1v) is 10.6. The molecule has 10 nitrogen and oxygen atoms in total. The van der Waals surface area contributed by atoms with E-state index in [1.54, 1.807) is 6.07 Å². The Balaban J connectivity index is 1.39. The number of carbonyl (C=O) groups excluding carboxylic acids is 1. The summed E-state index contributed by atoms with van der Waals surface area (Å²) < 4.78 is 44.3. The number of piperidine rings is 1. The van der Waals surface area contributed by atoms with Gasteiger partial charge < -0.3 is 14.5 Å². The molecule has 0 radical (unpaired) electrons. The smallest absolute Gasteiger partial charge is 0.416 e. The summed E-state index contributed by atoms with van der Waals surface area (Å²) in [7, 11) is 0. The molecule has 3 aromatic rings. The van der Waals surface area contributed by atoms with Gasteiger partial charge in [0, 0.05) is 30.6 Å². The van der Waals surface area contributed by atoms with Crippen molar-refractivity contribution in [2.45, 2.75) is 32.0 Å². The molecule has 1 aromatic carbocycles. The highest BCUT2D eigenvalue weighted by Gasteiger charge is 2.34. The SMILES string of the molecule is O=C(O)CCn1nnc(-c2cc(N3CCC(C(=O)c4cc(C(F)(F)F)ccc4Cl)CC3)no2)n1. The van der Waals surface area contributed by atoms with Gasteiger partial charge in [0.2, 0.25) is 11.6 Å². The van der Waals surface area contributed by atoms with Crippen LogP contribution in [0.4, 0.5) is 19.0 Å². The standard InChI is InChI=1S/C20H18ClF3N6O4/c21-14-2-1-12(20(22,23)24)9-13(14)18(33)11-3-6-29(7-4-11)16-10-15(34-27-16)19-25-28-30(26-19)8-5-17(31)32/h1-2,9-11H,3-8H2,(H,31,32). The van der Waals surface area contributed by atoms with Crippen molar-refractivity contribution >= 4 is 29.2 Å². The second-order valence-corrected chi connectivity index (χ2v) is 8.13. The molecule has 0 amide bonds. The van der Waals surface area contributed by atoms with Crippen LogP contribution in [0.15, 0.2) is 28.8 Å². The van der Waals surface area contributed by atoms with Crippen molar-refractivity contribution in [1.29, 1.82) is 0 Å². The highest BCUT2D eigenvalue weighted by Crippen LogP contribution is 2.34. The summed E-state index contributed by atoms with van der Waals surface area (Å²) in [6, 6.07) is 4.35. The van der Waals surface area contributed by atoms with Gasteiger partial charge in [0.25, 0.3) is 0 Å². The van der Waals surface area contributed by atoms with Crippen molar-refractivity contribution in [3.8, 4) is 11.6 Å². The number of Topliss-reactive ketones (excluding diaryl/α,β-unsaturated/α-hetero) is 1. The number of tetrazole rings is 1. The van der Waals surface area contributed by atoms with E-state index in [4.69, 9.17) is 21.2 Å². The van der Waals surface area contributed by atoms with Crippen LogP contribution in [0.5, 0.6) is 0 Å². The third kappa shape index (κ3) is 5.19. The van der Waals surface area contributed by atoms with Gasteiger partial charge in [-0.05, 0) is 36.3 Å². The molecular formula is C20H18ClF3N6O4. The van der Waals surface area contributed by atoms with Crippen molar-refractivity contribution < 1.29 is 32.4 Å². The maximum Gasteiger partial charge on any atom is 0.416 e. The van der Waals surface area contributed by atoms with Crippen molar-refractivity contribution in [3.63, 3.8) is 0 Å². The van der Waals surface area contributed by atoms with E-state index in [0.29, 0.717) is 31.7 Å². The monoisotopic (exact) mass is 498 g/mol. The van der Waals surface area contributed by atoms with Crippen LogP contribution >= 0.6 is 11.6 Å². The number of hydrogen-bond acceptors (Lipinski definition) is 8. The third-order valence-corrected chi connectivity index (χ3v) is 5.78. The largest absolute Gasteiger partial charge is 0.481 e. The molecule has 14 heteroatoms. The minimum Gasteiger partial charge on any atom is -0.481 e. The molecule has 180 valence electrons. The lowest BCUT2D eigenvalue weighted by Gasteiger charge is -2.31. The van der Waals surface area contributed by atoms with E-state index in [-0.39, 0.29) is 35.1 Å². The number of halogens is 4. The van der Waals surface area contributed by atoms with Gasteiger partial charge in [0.1, 0.15) is 0 Å². The van der Waals surface area contributed by atoms with Gasteiger partial charge in [-0.25, -0.2) is 0 Å². The predicted molar refractivity (Wildman–Crippen MR) is 111 cm³/mol. The van der Waals surface area contributed by atoms with Crippen molar-refractivity contribution in [1.82, 2.24) is 25.4 Å². The Kier molecular flexibility index (Phi) is 6.55. The summed E-state index contributed by atoms with van der Waals surface area (Å²) in [5, 5.41) is 24.3. The second kappa shape index (κ2) is 9.41. The molecule has 1 N–H and O–H groups in total. The Bertz CT molecular complexity index is 1200. The van der Waals surface area contributed by atoms with Crippen LogP contribution in [0.2, 0.25) is 5.02 Å². The fraction of sp³-hybridized carbons (Fsp3) is 0.400. The minimum atomic E-state index is -4.57. The van der Waals surface area contributed by atoms with Gasteiger partial charge in [-0.15, -0.1) is 10.2 Å². The van der Waals surface area contributed by atoms with E-state index in [0.717, 1.165) is 23.0 Å². The maximum absolute atomic E-state index is 13.0. The zero-order valence-corrected chi connectivity index (χ0v) is 18.3. The van der Waals surface area contributed by atoms with Crippen LogP contribution in [0.25, 0.3) is 11.6 Å². The Labute approximate surface area is 195 Å². The van der Waals surface area contributed by atoms with Crippen molar-refractivity contribution in [2.75, 3.05) is 18.0 Å². The lowest BCUT2D eigenvalue weighted by atomic mass is 9.88. The first-order valence-electron chi connectivity index (χ1n) is 10.2. The van der Waals surface area contributed by atoms with Crippen LogP contribution in [-0.2, 0) is 17.5 Å². The van der Waals surface area contributed by atoms with E-state index >= 15 is 0 Å². The molecule has 0 unspecified atom stereocenters. The summed E-state index contributed by atoms with van der Waals surface area (Å²) in [5.74, 6) is -1.00. The summed E-state index contributed by atoms with van der Waals surface area (Å²) in [5.41, 5.74) is -1.04. The topological polar surface area (TPSA) is 127 Å². The second-order valence-electron chi connectivity index (χ2n) is 7.72. The summed E-state index contributed by atoms with van der Waals surface area (Å²) in [6.07, 6.45) is -3.92. The number of benzene rings is 1. The van der Waals surface area contributed by atoms with E-state index in [1.807, 2.05) is 4.90 Å². The van der Waals surface area contributed by atoms with E-state index < -0.39 is 29.4 Å². The normalized spacial score (nSPS) is 15.0. The summed E-state index contributed by atoms with van der Waals surface area (Å²) >= 11 is 6.01. The van der Waals surface area contributed by atoms with Crippen molar-refractivity contribution in [3.05, 3.63) is 40.4 Å². The zero-order chi connectivity index (χ0) is 24.5. The number of anilines is 1. The number of rotatable bonds is 7. The Hall–Kier alpha value is -3.48. The highest BCUT2D eigenvalue weighted by atomic mass is 35.5. The van der Waals surface area contributed by atoms with Crippen LogP contribution in [0, 0.1) is 5.92 Å². The minimum absolute atomic E-state index is 0.00882. The molecule has 0 saturated carbocycles. The molecule has 4 rings (SSSR count). The molecule has 3 heterocycles. The first kappa shape index (κ1) is 23.7. The van der Waals surface area contributed by atoms with E-state index in [1.165, 1.54) is 0 Å². The predicted octanol–water partition coefficient (Wildman–Crippen LogP) is 3.57. The Morgan fingerprint density at radius 2 is 1.94 bits per heavy atom. The third-order valence-electron chi connectivity index (χ3n) is 5.45. The quantitative estimate of drug-likeness (QED) is 0.486. The number of aromatic nitrogens is 5. The summed E-state index contributed by atoms with van der Waals surface area (Å²) in [6.45, 7) is 0.913. The molecule has 0 bridgehead atoms. The zero-order valence-electron chi connectivity index (χ0n) is 17.5. The number of nitrogens with zero attached hydrogens (tertiary/aromatic N) is 6. The first-order chi connectivity index (χ1) is 16.1. The number of aliphatic carboxylic acids is 1. The molecule has 1 aliphatic heterocycles. The molecule has 1 fully saturated rings. The van der Waals surface area contributed by atoms with E-state index in [9.17, 15) is 22.8 Å². The number of carboxylic acid groups (broad SMARTS) is 1. The average molecular weight is 499 g/mol. The van der Waals surface area contributed by atoms with Gasteiger partial charge in [0.15, 0.2) is 11.6 Å². The lowest BCUT2D eigenvalue weighted by molar-refractivity contribution is -0.138. The van der Waals surface area contributed by atoms with Gasteiger partial charge >= 0.3 is 12.1 Å². The Morgan fingerprint density at radius 1 is 1.21 bits per heavy atom. The lowest BCUT2D eigenvalue weighted by Crippen LogP contribution is -2.36. The van der Waals surface area contributed by atoms with E-state index in [2.05, 4.69) is 20.6 Å². The van der Waals surface area contributed by atoms with Gasteiger partial charge in [-0.3, -0.25) is 9.59 Å². The fourth-order valence-electron chi connectivity index (χ4n) is 3.63. The molecule has 1 aliphatic rings. The van der Waals surface area contributed by atoms with Crippen LogP contribution in [-0.4, -0.2) is 55.3 Å². The number of hydrogen-bond donors (Lipinski definition) is 1. The van der Waals surface area contributed by atoms with Gasteiger partial charge in [-0.1, -0.05) is 16.8 Å². The van der Waals surface area contributed by atoms with Crippen molar-refractivity contribution in [2.24, 2.45) is 5.92 Å². The number of carbonyl (C=O) groups is 2. The number of carboxylic acids is 1. The fourth-order valence-corrected chi connectivity index (χ4v) is 3.84. The van der Waals surface area contributed by atoms with Crippen LogP contribution in [0.1, 0.15) is 35.2 Å². The maximum atomic E-state index is 13.0. The Morgan fingerprint density at radius 3 is 2.62 bits per heavy atom. The van der Waals surface area contributed by atoms with Crippen LogP contribution in [0.3, 0.4) is 0 Å². The molecule has 0 aliphatic carbocycles. The molecule has 1 saturated heterocycles. The molecule has 0 atom stereocenters. The van der Waals surface area contributed by atoms with Crippen LogP contribution < -0.4 is 4.90 Å². The molecule has 0 spiro atoms. The summed E-state index contributed by atoms with van der Waals surface area (Å²) in [4.78, 5) is 26.5. The van der Waals surface area contributed by atoms with Gasteiger partial charge in [0.05, 0.1) is 23.6 Å². The molecule has 34 heavy (non-hydrogen) atoms. The molecular weight excluding hydrogens is 481 g/mol. The number of ketones is 1. The van der Waals surface area contributed by atoms with Gasteiger partial charge in [-0.2, -0.15) is 18.0 Å².